The number of nitrogens with zero attached hydrogens (tertiary/aromatic N) is 1. The van der Waals surface area contributed by atoms with Crippen LogP contribution < -0.4 is 0 Å². The Kier molecular flexibility index (Phi) is 3.96. The second kappa shape index (κ2) is 5.91. The van der Waals surface area contributed by atoms with E-state index in [-0.39, 0.29) is 5.91 Å². The first-order valence-electron chi connectivity index (χ1n) is 7.34. The fraction of sp³-hybridized carbons (Fsp3) is 0.278. The van der Waals surface area contributed by atoms with Gasteiger partial charge in [0, 0.05) is 13.0 Å². The van der Waals surface area contributed by atoms with Crippen molar-refractivity contribution in [3.05, 3.63) is 71.8 Å². The first-order valence-corrected chi connectivity index (χ1v) is 7.34. The first-order chi connectivity index (χ1) is 10.6. The van der Waals surface area contributed by atoms with E-state index in [1.54, 1.807) is 7.05 Å². The number of carbonyl (C=O) groups is 1. The Morgan fingerprint density at radius 2 is 1.55 bits per heavy atom. The molecular weight excluding hydrogens is 278 g/mol. The van der Waals surface area contributed by atoms with Gasteiger partial charge in [0.15, 0.2) is 0 Å². The van der Waals surface area contributed by atoms with Gasteiger partial charge in [-0.05, 0) is 11.1 Å². The van der Waals surface area contributed by atoms with E-state index < -0.39 is 24.2 Å². The van der Waals surface area contributed by atoms with Gasteiger partial charge in [0.1, 0.15) is 12.2 Å². The molecule has 1 saturated heterocycles. The van der Waals surface area contributed by atoms with Crippen LogP contribution in [0.5, 0.6) is 0 Å². The molecule has 1 fully saturated rings. The molecule has 4 nitrogen and oxygen atoms in total. The van der Waals surface area contributed by atoms with Crippen molar-refractivity contribution in [3.8, 4) is 0 Å². The zero-order valence-corrected chi connectivity index (χ0v) is 12.3. The van der Waals surface area contributed by atoms with Crippen LogP contribution in [0.1, 0.15) is 23.1 Å². The molecule has 0 spiro atoms. The molecule has 2 N–H and O–H groups in total. The lowest BCUT2D eigenvalue weighted by molar-refractivity contribution is -0.135. The van der Waals surface area contributed by atoms with Crippen molar-refractivity contribution < 1.29 is 15.0 Å². The normalized spacial score (nSPS) is 26.2. The molecule has 0 radical (unpaired) electrons. The van der Waals surface area contributed by atoms with Crippen molar-refractivity contribution in [1.29, 1.82) is 0 Å². The van der Waals surface area contributed by atoms with E-state index >= 15 is 0 Å². The highest BCUT2D eigenvalue weighted by Gasteiger charge is 2.49. The van der Waals surface area contributed by atoms with Crippen LogP contribution in [0.25, 0.3) is 0 Å². The first kappa shape index (κ1) is 14.8. The molecule has 2 aromatic carbocycles. The Bertz CT molecular complexity index is 644. The number of aliphatic hydroxyl groups excluding tert-OH is 2. The van der Waals surface area contributed by atoms with Gasteiger partial charge in [-0.15, -0.1) is 0 Å². The predicted molar refractivity (Wildman–Crippen MR) is 83.1 cm³/mol. The molecule has 114 valence electrons. The minimum atomic E-state index is -1.13. The number of aliphatic hydroxyl groups is 2. The van der Waals surface area contributed by atoms with Crippen molar-refractivity contribution in [1.82, 2.24) is 4.90 Å². The van der Waals surface area contributed by atoms with Crippen molar-refractivity contribution in [2.24, 2.45) is 0 Å². The van der Waals surface area contributed by atoms with Gasteiger partial charge < -0.3 is 15.1 Å². The maximum absolute atomic E-state index is 12.2. The topological polar surface area (TPSA) is 60.8 Å². The third-order valence-electron chi connectivity index (χ3n) is 4.41. The summed E-state index contributed by atoms with van der Waals surface area (Å²) < 4.78 is 0. The summed E-state index contributed by atoms with van der Waals surface area (Å²) in [6.45, 7) is 0. The molecule has 0 unspecified atom stereocenters. The second-order valence-corrected chi connectivity index (χ2v) is 5.68. The van der Waals surface area contributed by atoms with Crippen molar-refractivity contribution in [2.75, 3.05) is 7.05 Å². The number of benzene rings is 2. The second-order valence-electron chi connectivity index (χ2n) is 5.68. The summed E-state index contributed by atoms with van der Waals surface area (Å²) in [5, 5.41) is 21.1. The fourth-order valence-corrected chi connectivity index (χ4v) is 3.25. The van der Waals surface area contributed by atoms with Gasteiger partial charge in [-0.2, -0.15) is 0 Å². The summed E-state index contributed by atoms with van der Waals surface area (Å²) in [6.07, 6.45) is -1.98. The van der Waals surface area contributed by atoms with Crippen LogP contribution >= 0.6 is 0 Å². The summed E-state index contributed by atoms with van der Waals surface area (Å²) in [5.74, 6) is -0.803. The van der Waals surface area contributed by atoms with Crippen LogP contribution in [0, 0.1) is 0 Å². The largest absolute Gasteiger partial charge is 0.386 e. The van der Waals surface area contributed by atoms with E-state index in [2.05, 4.69) is 0 Å². The maximum atomic E-state index is 12.2. The SMILES string of the molecule is CN1C(=O)[C@@H](O)[C@@H](c2ccccc2)[C@@H]1[C@@H](O)c1ccccc1. The predicted octanol–water partition coefficient (Wildman–Crippen LogP) is 1.71. The maximum Gasteiger partial charge on any atom is 0.252 e. The molecule has 0 aromatic heterocycles. The number of rotatable bonds is 3. The monoisotopic (exact) mass is 297 g/mol. The number of hydrogen-bond donors (Lipinski definition) is 2. The van der Waals surface area contributed by atoms with Gasteiger partial charge >= 0.3 is 0 Å². The van der Waals surface area contributed by atoms with Crippen LogP contribution in [0.15, 0.2) is 60.7 Å². The van der Waals surface area contributed by atoms with Crippen LogP contribution in [0.2, 0.25) is 0 Å². The summed E-state index contributed by atoms with van der Waals surface area (Å²) in [4.78, 5) is 13.7. The number of amides is 1. The average molecular weight is 297 g/mol. The number of hydrogen-bond acceptors (Lipinski definition) is 3. The van der Waals surface area contributed by atoms with Crippen molar-refractivity contribution in [3.63, 3.8) is 0 Å². The molecule has 0 saturated carbocycles. The third kappa shape index (κ3) is 2.40. The highest BCUT2D eigenvalue weighted by molar-refractivity contribution is 5.85. The minimum absolute atomic E-state index is 0.353. The molecule has 1 amide bonds. The van der Waals surface area contributed by atoms with E-state index in [1.165, 1.54) is 4.90 Å². The standard InChI is InChI=1S/C18H19NO3/c1-19-15(16(20)13-10-6-3-7-11-13)14(17(21)18(19)22)12-8-4-2-5-9-12/h2-11,14-17,20-21H,1H3/t14-,15+,16-,17-/m0/s1. The average Bonchev–Trinajstić information content (AvgIpc) is 2.80. The number of carbonyl (C=O) groups excluding carboxylic acids is 1. The smallest absolute Gasteiger partial charge is 0.252 e. The lowest BCUT2D eigenvalue weighted by atomic mass is 9.85. The summed E-state index contributed by atoms with van der Waals surface area (Å²) >= 11 is 0. The molecule has 22 heavy (non-hydrogen) atoms. The van der Waals surface area contributed by atoms with Crippen LogP contribution in [0.4, 0.5) is 0 Å². The molecule has 0 aliphatic carbocycles. The highest BCUT2D eigenvalue weighted by atomic mass is 16.3. The van der Waals surface area contributed by atoms with E-state index in [0.29, 0.717) is 0 Å². The Labute approximate surface area is 129 Å². The Hall–Kier alpha value is -2.17. The zero-order valence-electron chi connectivity index (χ0n) is 12.3. The summed E-state index contributed by atoms with van der Waals surface area (Å²) in [7, 11) is 1.63. The van der Waals surface area contributed by atoms with E-state index in [4.69, 9.17) is 0 Å². The third-order valence-corrected chi connectivity index (χ3v) is 4.41. The van der Waals surface area contributed by atoms with Crippen LogP contribution in [-0.2, 0) is 4.79 Å². The van der Waals surface area contributed by atoms with Crippen LogP contribution in [0.3, 0.4) is 0 Å². The number of likely N-dealkylation sites (tertiary alicyclic amines) is 1. The summed E-state index contributed by atoms with van der Waals surface area (Å²) in [6, 6.07) is 18.1. The van der Waals surface area contributed by atoms with E-state index in [1.807, 2.05) is 60.7 Å². The number of likely N-dealkylation sites (N-methyl/N-ethyl adjacent to an activating group) is 1. The Morgan fingerprint density at radius 3 is 2.14 bits per heavy atom. The van der Waals surface area contributed by atoms with Gasteiger partial charge in [-0.1, -0.05) is 60.7 Å². The Morgan fingerprint density at radius 1 is 1.00 bits per heavy atom. The molecule has 4 heteroatoms. The lowest BCUT2D eigenvalue weighted by Gasteiger charge is -2.30. The molecular formula is C18H19NO3. The van der Waals surface area contributed by atoms with Crippen molar-refractivity contribution in [2.45, 2.75) is 24.2 Å². The molecule has 1 heterocycles. The molecule has 2 aromatic rings. The van der Waals surface area contributed by atoms with Gasteiger partial charge in [0.05, 0.1) is 6.04 Å². The molecule has 1 aliphatic rings. The fourth-order valence-electron chi connectivity index (χ4n) is 3.25. The molecule has 3 rings (SSSR count). The van der Waals surface area contributed by atoms with E-state index in [9.17, 15) is 15.0 Å². The Balaban J connectivity index is 2.01. The van der Waals surface area contributed by atoms with Gasteiger partial charge in [-0.25, -0.2) is 0 Å². The van der Waals surface area contributed by atoms with Gasteiger partial charge in [-0.3, -0.25) is 4.79 Å². The molecule has 4 atom stereocenters. The van der Waals surface area contributed by atoms with Gasteiger partial charge in [0.25, 0.3) is 5.91 Å². The summed E-state index contributed by atoms with van der Waals surface area (Å²) in [5.41, 5.74) is 1.59. The lowest BCUT2D eigenvalue weighted by Crippen LogP contribution is -2.36. The van der Waals surface area contributed by atoms with Crippen molar-refractivity contribution >= 4 is 5.91 Å². The molecule has 0 bridgehead atoms. The highest BCUT2D eigenvalue weighted by Crippen LogP contribution is 2.40. The van der Waals surface area contributed by atoms with Gasteiger partial charge in [0.2, 0.25) is 0 Å². The van der Waals surface area contributed by atoms with Crippen LogP contribution in [-0.4, -0.2) is 40.2 Å². The quantitative estimate of drug-likeness (QED) is 0.906. The zero-order chi connectivity index (χ0) is 15.7. The minimum Gasteiger partial charge on any atom is -0.386 e. The van der Waals surface area contributed by atoms with E-state index in [0.717, 1.165) is 11.1 Å². The molecule has 1 aliphatic heterocycles.